The van der Waals surface area contributed by atoms with E-state index in [4.69, 9.17) is 4.42 Å². The van der Waals surface area contributed by atoms with Crippen molar-refractivity contribution >= 4 is 0 Å². The second-order valence-electron chi connectivity index (χ2n) is 2.09. The van der Waals surface area contributed by atoms with Gasteiger partial charge in [0.2, 0.25) is 0 Å². The average Bonchev–Trinajstić information content (AvgIpc) is 2.49. The minimum atomic E-state index is 0.644. The number of rotatable bonds is 1. The molecule has 0 spiro atoms. The van der Waals surface area contributed by atoms with Gasteiger partial charge in [-0.3, -0.25) is 0 Å². The Morgan fingerprint density at radius 1 is 1.62 bits per heavy atom. The van der Waals surface area contributed by atoms with Crippen LogP contribution in [0.4, 0.5) is 0 Å². The molecule has 1 saturated carbocycles. The molecule has 1 heterocycles. The van der Waals surface area contributed by atoms with Gasteiger partial charge in [0.05, 0.1) is 6.26 Å². The molecule has 0 aliphatic heterocycles. The van der Waals surface area contributed by atoms with Gasteiger partial charge in [0, 0.05) is 5.92 Å². The Morgan fingerprint density at radius 3 is 3.00 bits per heavy atom. The van der Waals surface area contributed by atoms with Gasteiger partial charge in [-0.15, -0.1) is 0 Å². The Labute approximate surface area is 48.3 Å². The predicted molar refractivity (Wildman–Crippen MR) is 30.4 cm³/mol. The quantitative estimate of drug-likeness (QED) is 0.534. The number of hydrogen-bond acceptors (Lipinski definition) is 1. The SMILES string of the molecule is [CH]1CC1c1ccco1. The van der Waals surface area contributed by atoms with Crippen LogP contribution in [0.5, 0.6) is 0 Å². The van der Waals surface area contributed by atoms with Crippen molar-refractivity contribution in [2.75, 3.05) is 0 Å². The molecule has 41 valence electrons. The zero-order valence-corrected chi connectivity index (χ0v) is 4.50. The lowest BCUT2D eigenvalue weighted by Crippen LogP contribution is -1.66. The molecule has 0 amide bonds. The Morgan fingerprint density at radius 2 is 2.50 bits per heavy atom. The van der Waals surface area contributed by atoms with Gasteiger partial charge in [0.25, 0.3) is 0 Å². The maximum atomic E-state index is 5.13. The number of furan rings is 1. The Hall–Kier alpha value is -0.720. The Balaban J connectivity index is 2.28. The van der Waals surface area contributed by atoms with Crippen LogP contribution in [0.2, 0.25) is 0 Å². The molecule has 1 atom stereocenters. The summed E-state index contributed by atoms with van der Waals surface area (Å²) in [7, 11) is 0. The molecule has 2 rings (SSSR count). The molecule has 1 aromatic heterocycles. The van der Waals surface area contributed by atoms with E-state index in [0.717, 1.165) is 5.76 Å². The van der Waals surface area contributed by atoms with Crippen LogP contribution in [0.15, 0.2) is 22.8 Å². The molecule has 1 radical (unpaired) electrons. The van der Waals surface area contributed by atoms with E-state index >= 15 is 0 Å². The highest BCUT2D eigenvalue weighted by atomic mass is 16.3. The molecular weight excluding hydrogens is 100 g/mol. The maximum Gasteiger partial charge on any atom is 0.107 e. The van der Waals surface area contributed by atoms with E-state index in [1.165, 1.54) is 6.42 Å². The third kappa shape index (κ3) is 0.548. The van der Waals surface area contributed by atoms with Crippen molar-refractivity contribution < 1.29 is 4.42 Å². The molecule has 0 bridgehead atoms. The second-order valence-corrected chi connectivity index (χ2v) is 2.09. The summed E-state index contributed by atoms with van der Waals surface area (Å²) in [6.07, 6.45) is 5.16. The first-order chi connectivity index (χ1) is 3.97. The van der Waals surface area contributed by atoms with Gasteiger partial charge in [-0.05, 0) is 25.0 Å². The lowest BCUT2D eigenvalue weighted by atomic mass is 10.3. The standard InChI is InChI=1S/C7H7O/c1-2-7(8-5-1)6-3-4-6/h1-3,5-6H,4H2. The van der Waals surface area contributed by atoms with Gasteiger partial charge in [-0.25, -0.2) is 0 Å². The highest BCUT2D eigenvalue weighted by Gasteiger charge is 2.25. The fourth-order valence-electron chi connectivity index (χ4n) is 0.803. The topological polar surface area (TPSA) is 13.1 Å². The first-order valence-electron chi connectivity index (χ1n) is 2.83. The first kappa shape index (κ1) is 4.19. The molecule has 1 heteroatoms. The van der Waals surface area contributed by atoms with E-state index in [-0.39, 0.29) is 0 Å². The Kier molecular flexibility index (Phi) is 0.720. The van der Waals surface area contributed by atoms with Gasteiger partial charge in [0.15, 0.2) is 0 Å². The van der Waals surface area contributed by atoms with Crippen LogP contribution in [0.1, 0.15) is 18.1 Å². The second kappa shape index (κ2) is 1.38. The van der Waals surface area contributed by atoms with Crippen LogP contribution in [-0.4, -0.2) is 0 Å². The van der Waals surface area contributed by atoms with Gasteiger partial charge in [-0.2, -0.15) is 0 Å². The van der Waals surface area contributed by atoms with E-state index in [9.17, 15) is 0 Å². The van der Waals surface area contributed by atoms with E-state index in [2.05, 4.69) is 6.42 Å². The molecule has 0 aromatic carbocycles. The average molecular weight is 107 g/mol. The minimum Gasteiger partial charge on any atom is -0.469 e. The summed E-state index contributed by atoms with van der Waals surface area (Å²) >= 11 is 0. The minimum absolute atomic E-state index is 0.644. The van der Waals surface area contributed by atoms with Crippen molar-refractivity contribution in [3.8, 4) is 0 Å². The van der Waals surface area contributed by atoms with E-state index in [1.54, 1.807) is 6.26 Å². The highest BCUT2D eigenvalue weighted by molar-refractivity contribution is 5.19. The van der Waals surface area contributed by atoms with Crippen LogP contribution < -0.4 is 0 Å². The molecule has 1 unspecified atom stereocenters. The molecule has 8 heavy (non-hydrogen) atoms. The summed E-state index contributed by atoms with van der Waals surface area (Å²) < 4.78 is 5.13. The third-order valence-corrected chi connectivity index (χ3v) is 1.38. The summed E-state index contributed by atoms with van der Waals surface area (Å²) in [5.41, 5.74) is 0. The monoisotopic (exact) mass is 107 g/mol. The van der Waals surface area contributed by atoms with Crippen molar-refractivity contribution in [1.29, 1.82) is 0 Å². The van der Waals surface area contributed by atoms with Gasteiger partial charge < -0.3 is 4.42 Å². The summed E-state index contributed by atoms with van der Waals surface area (Å²) in [4.78, 5) is 0. The zero-order chi connectivity index (χ0) is 5.40. The first-order valence-corrected chi connectivity index (χ1v) is 2.83. The van der Waals surface area contributed by atoms with Crippen LogP contribution >= 0.6 is 0 Å². The molecular formula is C7H7O. The highest BCUT2D eigenvalue weighted by Crippen LogP contribution is 2.38. The Bertz CT molecular complexity index is 161. The normalized spacial score (nSPS) is 19.0. The molecule has 1 aromatic rings. The van der Waals surface area contributed by atoms with Gasteiger partial charge in [-0.1, -0.05) is 0 Å². The number of hydrogen-bond donors (Lipinski definition) is 0. The van der Waals surface area contributed by atoms with Crippen LogP contribution in [0.3, 0.4) is 0 Å². The van der Waals surface area contributed by atoms with Crippen molar-refractivity contribution in [2.24, 2.45) is 0 Å². The predicted octanol–water partition coefficient (Wildman–Crippen LogP) is 1.97. The van der Waals surface area contributed by atoms with E-state index < -0.39 is 0 Å². The lowest BCUT2D eigenvalue weighted by Gasteiger charge is -1.82. The van der Waals surface area contributed by atoms with Crippen molar-refractivity contribution in [3.05, 3.63) is 30.6 Å². The zero-order valence-electron chi connectivity index (χ0n) is 4.50. The fourth-order valence-corrected chi connectivity index (χ4v) is 0.803. The summed E-state index contributed by atoms with van der Waals surface area (Å²) in [6.45, 7) is 0. The lowest BCUT2D eigenvalue weighted by molar-refractivity contribution is 0.515. The van der Waals surface area contributed by atoms with Crippen molar-refractivity contribution in [2.45, 2.75) is 12.3 Å². The molecule has 1 aliphatic rings. The summed E-state index contributed by atoms with van der Waals surface area (Å²) in [5.74, 6) is 1.76. The third-order valence-electron chi connectivity index (χ3n) is 1.38. The largest absolute Gasteiger partial charge is 0.469 e. The van der Waals surface area contributed by atoms with E-state index in [1.807, 2.05) is 12.1 Å². The molecule has 1 aliphatic carbocycles. The molecule has 1 fully saturated rings. The van der Waals surface area contributed by atoms with Gasteiger partial charge in [0.1, 0.15) is 5.76 Å². The van der Waals surface area contributed by atoms with Crippen LogP contribution in [0.25, 0.3) is 0 Å². The van der Waals surface area contributed by atoms with E-state index in [0.29, 0.717) is 5.92 Å². The molecule has 0 N–H and O–H groups in total. The van der Waals surface area contributed by atoms with Crippen molar-refractivity contribution in [1.82, 2.24) is 0 Å². The summed E-state index contributed by atoms with van der Waals surface area (Å²) in [6, 6.07) is 3.95. The fraction of sp³-hybridized carbons (Fsp3) is 0.286. The maximum absolute atomic E-state index is 5.13. The smallest absolute Gasteiger partial charge is 0.107 e. The van der Waals surface area contributed by atoms with Gasteiger partial charge >= 0.3 is 0 Å². The van der Waals surface area contributed by atoms with Crippen LogP contribution in [-0.2, 0) is 0 Å². The molecule has 1 nitrogen and oxygen atoms in total. The molecule has 0 saturated heterocycles. The van der Waals surface area contributed by atoms with Crippen LogP contribution in [0, 0.1) is 6.42 Å². The van der Waals surface area contributed by atoms with Crippen molar-refractivity contribution in [3.63, 3.8) is 0 Å². The summed E-state index contributed by atoms with van der Waals surface area (Å²) in [5, 5.41) is 0.